The summed E-state index contributed by atoms with van der Waals surface area (Å²) in [6.45, 7) is 15.9. The summed E-state index contributed by atoms with van der Waals surface area (Å²) in [7, 11) is -1.30. The van der Waals surface area contributed by atoms with Gasteiger partial charge in [-0.05, 0) is 45.7 Å². The van der Waals surface area contributed by atoms with Crippen LogP contribution in [0.25, 0.3) is 0 Å². The minimum atomic E-state index is -1.30. The van der Waals surface area contributed by atoms with Gasteiger partial charge in [0, 0.05) is 6.42 Å². The molecule has 1 saturated heterocycles. The Hall–Kier alpha value is -0.883. The molecule has 1 fully saturated rings. The number of hydrogen-bond donors (Lipinski definition) is 0. The van der Waals surface area contributed by atoms with Gasteiger partial charge in [0.1, 0.15) is 5.60 Å². The minimum absolute atomic E-state index is 0.146. The maximum absolute atomic E-state index is 12.4. The summed E-state index contributed by atoms with van der Waals surface area (Å²) >= 11 is 0. The lowest BCUT2D eigenvalue weighted by Gasteiger charge is -2.40. The third-order valence-electron chi connectivity index (χ3n) is 3.47. The summed E-state index contributed by atoms with van der Waals surface area (Å²) in [4.78, 5) is 25.9. The van der Waals surface area contributed by atoms with E-state index < -0.39 is 20.7 Å². The molecule has 6 heteroatoms. The van der Waals surface area contributed by atoms with Gasteiger partial charge in [0.15, 0.2) is 9.04 Å². The summed E-state index contributed by atoms with van der Waals surface area (Å²) in [6.07, 6.45) is 0.307. The molecule has 1 aliphatic rings. The number of carbonyl (C=O) groups excluding carboxylic acids is 2. The maximum Gasteiger partial charge on any atom is 0.417 e. The normalized spacial score (nSPS) is 21.4. The highest BCUT2D eigenvalue weighted by molar-refractivity contribution is 6.48. The van der Waals surface area contributed by atoms with Crippen LogP contribution in [0.1, 0.15) is 54.4 Å². The Bertz CT molecular complexity index is 423. The first kappa shape index (κ1) is 19.2. The van der Waals surface area contributed by atoms with Crippen molar-refractivity contribution in [2.75, 3.05) is 0 Å². The molecule has 0 aromatic rings. The van der Waals surface area contributed by atoms with Crippen LogP contribution < -0.4 is 0 Å². The molecule has 2 atom stereocenters. The Morgan fingerprint density at radius 1 is 1.23 bits per heavy atom. The van der Waals surface area contributed by atoms with Gasteiger partial charge in [0.25, 0.3) is 0 Å². The molecule has 2 amide bonds. The fourth-order valence-electron chi connectivity index (χ4n) is 2.71. The fourth-order valence-corrected chi connectivity index (χ4v) is 3.88. The lowest BCUT2D eigenvalue weighted by molar-refractivity contribution is -0.130. The van der Waals surface area contributed by atoms with E-state index in [2.05, 4.69) is 33.9 Å². The van der Waals surface area contributed by atoms with Crippen molar-refractivity contribution >= 4 is 21.0 Å². The number of carbonyl (C=O) groups is 2. The van der Waals surface area contributed by atoms with Crippen molar-refractivity contribution in [3.8, 4) is 0 Å². The maximum atomic E-state index is 12.4. The molecule has 2 unspecified atom stereocenters. The van der Waals surface area contributed by atoms with E-state index in [1.807, 2.05) is 0 Å². The largest absolute Gasteiger partial charge is 0.443 e. The number of amides is 2. The Morgan fingerprint density at radius 2 is 1.77 bits per heavy atom. The standard InChI is InChI=1S/C16H31NO4Si/c1-15(2,3)13(21-22(7)8)11-9-10-12(18)17(11)14(19)20-16(4,5)6/h11,13,22H,9-10H2,1-8H3. The van der Waals surface area contributed by atoms with E-state index in [1.165, 1.54) is 4.90 Å². The quantitative estimate of drug-likeness (QED) is 0.745. The number of rotatable bonds is 3. The second-order valence-electron chi connectivity index (χ2n) is 8.32. The third-order valence-corrected chi connectivity index (χ3v) is 4.30. The first-order valence-electron chi connectivity index (χ1n) is 8.03. The SMILES string of the molecule is C[SiH](C)OC(C1CCC(=O)N1C(=O)OC(C)(C)C)C(C)(C)C. The zero-order valence-electron chi connectivity index (χ0n) is 15.2. The molecule has 0 spiro atoms. The highest BCUT2D eigenvalue weighted by atomic mass is 28.3. The fraction of sp³-hybridized carbons (Fsp3) is 0.875. The van der Waals surface area contributed by atoms with Crippen LogP contribution in [0.5, 0.6) is 0 Å². The molecule has 1 heterocycles. The molecule has 5 nitrogen and oxygen atoms in total. The van der Waals surface area contributed by atoms with Crippen LogP contribution in [0.3, 0.4) is 0 Å². The second kappa shape index (κ2) is 6.70. The van der Waals surface area contributed by atoms with E-state index in [-0.39, 0.29) is 23.5 Å². The van der Waals surface area contributed by atoms with Crippen molar-refractivity contribution in [3.05, 3.63) is 0 Å². The van der Waals surface area contributed by atoms with Crippen molar-refractivity contribution < 1.29 is 18.8 Å². The number of hydrogen-bond acceptors (Lipinski definition) is 4. The van der Waals surface area contributed by atoms with Crippen LogP contribution in [0.15, 0.2) is 0 Å². The molecule has 0 radical (unpaired) electrons. The van der Waals surface area contributed by atoms with Crippen molar-refractivity contribution in [2.45, 2.75) is 85.2 Å². The molecular formula is C16H31NO4Si. The first-order valence-corrected chi connectivity index (χ1v) is 10.8. The zero-order valence-corrected chi connectivity index (χ0v) is 16.4. The summed E-state index contributed by atoms with van der Waals surface area (Å²) in [5, 5.41) is 0. The molecule has 22 heavy (non-hydrogen) atoms. The summed E-state index contributed by atoms with van der Waals surface area (Å²) in [6, 6.07) is -0.239. The van der Waals surface area contributed by atoms with Crippen molar-refractivity contribution in [1.29, 1.82) is 0 Å². The number of ether oxygens (including phenoxy) is 1. The van der Waals surface area contributed by atoms with Crippen LogP contribution in [0.4, 0.5) is 4.79 Å². The van der Waals surface area contributed by atoms with Crippen molar-refractivity contribution in [1.82, 2.24) is 4.90 Å². The Balaban J connectivity index is 3.03. The van der Waals surface area contributed by atoms with Gasteiger partial charge in [-0.2, -0.15) is 0 Å². The number of imide groups is 1. The van der Waals surface area contributed by atoms with Gasteiger partial charge in [-0.25, -0.2) is 9.69 Å². The van der Waals surface area contributed by atoms with Crippen molar-refractivity contribution in [3.63, 3.8) is 0 Å². The average molecular weight is 330 g/mol. The topological polar surface area (TPSA) is 55.8 Å². The molecular weight excluding hydrogens is 298 g/mol. The van der Waals surface area contributed by atoms with Gasteiger partial charge < -0.3 is 9.16 Å². The van der Waals surface area contributed by atoms with Gasteiger partial charge in [-0.15, -0.1) is 0 Å². The molecule has 128 valence electrons. The van der Waals surface area contributed by atoms with Gasteiger partial charge in [-0.3, -0.25) is 4.79 Å². The summed E-state index contributed by atoms with van der Waals surface area (Å²) in [5.41, 5.74) is -0.762. The van der Waals surface area contributed by atoms with Crippen LogP contribution in [-0.2, 0) is 14.0 Å². The van der Waals surface area contributed by atoms with Crippen LogP contribution in [0.2, 0.25) is 13.1 Å². The Labute approximate surface area is 136 Å². The molecule has 1 rings (SSSR count). The monoisotopic (exact) mass is 329 g/mol. The molecule has 0 saturated carbocycles. The Kier molecular flexibility index (Phi) is 5.84. The third kappa shape index (κ3) is 5.09. The molecule has 0 aliphatic carbocycles. The molecule has 0 N–H and O–H groups in total. The van der Waals surface area contributed by atoms with Gasteiger partial charge in [-0.1, -0.05) is 20.8 Å². The van der Waals surface area contributed by atoms with E-state index in [4.69, 9.17) is 9.16 Å². The lowest BCUT2D eigenvalue weighted by Crippen LogP contribution is -2.52. The number of likely N-dealkylation sites (tertiary alicyclic amines) is 1. The minimum Gasteiger partial charge on any atom is -0.443 e. The summed E-state index contributed by atoms with van der Waals surface area (Å²) < 4.78 is 11.6. The van der Waals surface area contributed by atoms with Gasteiger partial charge in [0.05, 0.1) is 12.1 Å². The van der Waals surface area contributed by atoms with E-state index in [1.54, 1.807) is 20.8 Å². The van der Waals surface area contributed by atoms with E-state index >= 15 is 0 Å². The average Bonchev–Trinajstić information content (AvgIpc) is 2.63. The molecule has 0 bridgehead atoms. The number of nitrogens with zero attached hydrogens (tertiary/aromatic N) is 1. The van der Waals surface area contributed by atoms with E-state index in [0.29, 0.717) is 12.8 Å². The summed E-state index contributed by atoms with van der Waals surface area (Å²) in [5.74, 6) is -0.164. The molecule has 0 aromatic carbocycles. The van der Waals surface area contributed by atoms with Crippen LogP contribution in [-0.4, -0.2) is 43.7 Å². The highest BCUT2D eigenvalue weighted by Gasteiger charge is 2.46. The smallest absolute Gasteiger partial charge is 0.417 e. The van der Waals surface area contributed by atoms with Gasteiger partial charge >= 0.3 is 6.09 Å². The van der Waals surface area contributed by atoms with Crippen molar-refractivity contribution in [2.24, 2.45) is 5.41 Å². The lowest BCUT2D eigenvalue weighted by atomic mass is 9.84. The highest BCUT2D eigenvalue weighted by Crippen LogP contribution is 2.34. The second-order valence-corrected chi connectivity index (χ2v) is 10.7. The molecule has 1 aliphatic heterocycles. The zero-order chi connectivity index (χ0) is 17.3. The van der Waals surface area contributed by atoms with Crippen LogP contribution >= 0.6 is 0 Å². The first-order chi connectivity index (χ1) is 9.83. The Morgan fingerprint density at radius 3 is 2.18 bits per heavy atom. The van der Waals surface area contributed by atoms with Gasteiger partial charge in [0.2, 0.25) is 5.91 Å². The van der Waals surface area contributed by atoms with E-state index in [9.17, 15) is 9.59 Å². The van der Waals surface area contributed by atoms with Crippen LogP contribution in [0, 0.1) is 5.41 Å². The predicted octanol–water partition coefficient (Wildman–Crippen LogP) is 3.33. The van der Waals surface area contributed by atoms with E-state index in [0.717, 1.165) is 0 Å². The predicted molar refractivity (Wildman–Crippen MR) is 89.3 cm³/mol. The molecule has 0 aromatic heterocycles.